The van der Waals surface area contributed by atoms with Gasteiger partial charge in [-0.2, -0.15) is 0 Å². The molecule has 0 bridgehead atoms. The van der Waals surface area contributed by atoms with Crippen LogP contribution in [0.3, 0.4) is 0 Å². The molecule has 0 aliphatic carbocycles. The third-order valence-corrected chi connectivity index (χ3v) is 3.97. The minimum atomic E-state index is -0.756. The quantitative estimate of drug-likeness (QED) is 0.463. The fourth-order valence-electron chi connectivity index (χ4n) is 2.56. The van der Waals surface area contributed by atoms with Crippen LogP contribution in [0.5, 0.6) is 0 Å². The Hall–Kier alpha value is -2.16. The van der Waals surface area contributed by atoms with Crippen LogP contribution in [0.2, 0.25) is 0 Å². The van der Waals surface area contributed by atoms with Gasteiger partial charge in [0.15, 0.2) is 0 Å². The number of imide groups is 1. The Bertz CT molecular complexity index is 654. The highest BCUT2D eigenvalue weighted by atomic mass is 16.6. The number of ether oxygens (including phenoxy) is 4. The molecule has 0 N–H and O–H groups in total. The van der Waals surface area contributed by atoms with Gasteiger partial charge < -0.3 is 18.9 Å². The smallest absolute Gasteiger partial charge is 0.419 e. The Balaban J connectivity index is 2.29. The van der Waals surface area contributed by atoms with Crippen molar-refractivity contribution in [3.05, 3.63) is 35.9 Å². The van der Waals surface area contributed by atoms with Crippen molar-refractivity contribution in [3.8, 4) is 0 Å². The zero-order valence-electron chi connectivity index (χ0n) is 20.7. The first kappa shape index (κ1) is 27.9. The summed E-state index contributed by atoms with van der Waals surface area (Å²) < 4.78 is 21.8. The van der Waals surface area contributed by atoms with Crippen molar-refractivity contribution in [2.45, 2.75) is 59.3 Å². The molecule has 1 rings (SSSR count). The van der Waals surface area contributed by atoms with Gasteiger partial charge in [0, 0.05) is 13.1 Å². The Labute approximate surface area is 192 Å². The molecule has 2 amide bonds. The minimum absolute atomic E-state index is 0.0314. The van der Waals surface area contributed by atoms with Gasteiger partial charge >= 0.3 is 12.2 Å². The first-order valence-electron chi connectivity index (χ1n) is 11.0. The second-order valence-electron chi connectivity index (χ2n) is 9.56. The standard InChI is InChI=1S/C24H40N2O6/c1-23(2,3)31-21(27)26(22(28)32-24(4,5)6)14-16-30-18-17-29-15-13-25(7)19-20-11-9-8-10-12-20/h8-12H,13-19H2,1-7H3. The molecule has 0 fully saturated rings. The molecule has 0 radical (unpaired) electrons. The molecule has 0 aliphatic rings. The Morgan fingerprint density at radius 3 is 1.69 bits per heavy atom. The summed E-state index contributed by atoms with van der Waals surface area (Å²) in [5, 5.41) is 0. The van der Waals surface area contributed by atoms with Gasteiger partial charge in [-0.05, 0) is 54.2 Å². The topological polar surface area (TPSA) is 77.5 Å². The molecular weight excluding hydrogens is 412 g/mol. The molecule has 8 heteroatoms. The largest absolute Gasteiger partial charge is 0.443 e. The van der Waals surface area contributed by atoms with Crippen molar-refractivity contribution >= 4 is 12.2 Å². The molecule has 32 heavy (non-hydrogen) atoms. The SMILES string of the molecule is CN(CCOCCOCCN(C(=O)OC(C)(C)C)C(=O)OC(C)(C)C)Cc1ccccc1. The molecule has 0 spiro atoms. The van der Waals surface area contributed by atoms with E-state index >= 15 is 0 Å². The van der Waals surface area contributed by atoms with Crippen LogP contribution in [-0.2, 0) is 25.5 Å². The van der Waals surface area contributed by atoms with Gasteiger partial charge in [-0.15, -0.1) is 0 Å². The van der Waals surface area contributed by atoms with Crippen molar-refractivity contribution < 1.29 is 28.5 Å². The molecule has 1 aromatic carbocycles. The number of carbonyl (C=O) groups is 2. The van der Waals surface area contributed by atoms with Gasteiger partial charge in [-0.1, -0.05) is 30.3 Å². The number of amides is 2. The van der Waals surface area contributed by atoms with E-state index in [1.54, 1.807) is 41.5 Å². The maximum Gasteiger partial charge on any atom is 0.419 e. The summed E-state index contributed by atoms with van der Waals surface area (Å²) in [6.45, 7) is 13.7. The van der Waals surface area contributed by atoms with Gasteiger partial charge in [-0.3, -0.25) is 4.90 Å². The summed E-state index contributed by atoms with van der Waals surface area (Å²) >= 11 is 0. The number of carbonyl (C=O) groups excluding carboxylic acids is 2. The van der Waals surface area contributed by atoms with Crippen LogP contribution in [0.4, 0.5) is 9.59 Å². The van der Waals surface area contributed by atoms with Gasteiger partial charge in [0.25, 0.3) is 0 Å². The van der Waals surface area contributed by atoms with E-state index in [-0.39, 0.29) is 13.2 Å². The lowest BCUT2D eigenvalue weighted by molar-refractivity contribution is -0.00838. The van der Waals surface area contributed by atoms with Crippen LogP contribution in [0.1, 0.15) is 47.1 Å². The van der Waals surface area contributed by atoms with Gasteiger partial charge in [0.1, 0.15) is 11.2 Å². The number of hydrogen-bond donors (Lipinski definition) is 0. The molecule has 182 valence electrons. The molecular formula is C24H40N2O6. The lowest BCUT2D eigenvalue weighted by Crippen LogP contribution is -2.45. The number of benzene rings is 1. The number of hydrogen-bond acceptors (Lipinski definition) is 7. The third kappa shape index (κ3) is 13.3. The van der Waals surface area contributed by atoms with Crippen LogP contribution in [0.25, 0.3) is 0 Å². The second-order valence-corrected chi connectivity index (χ2v) is 9.56. The fraction of sp³-hybridized carbons (Fsp3) is 0.667. The molecule has 0 aromatic heterocycles. The van der Waals surface area contributed by atoms with Crippen molar-refractivity contribution in [3.63, 3.8) is 0 Å². The third-order valence-electron chi connectivity index (χ3n) is 3.97. The molecule has 8 nitrogen and oxygen atoms in total. The summed E-state index contributed by atoms with van der Waals surface area (Å²) in [6.07, 6.45) is -1.51. The average Bonchev–Trinajstić information content (AvgIpc) is 2.64. The Kier molecular flexibility index (Phi) is 11.7. The molecule has 0 unspecified atom stereocenters. The van der Waals surface area contributed by atoms with E-state index in [0.717, 1.165) is 18.0 Å². The molecule has 0 heterocycles. The second kappa shape index (κ2) is 13.4. The fourth-order valence-corrected chi connectivity index (χ4v) is 2.56. The first-order valence-corrected chi connectivity index (χ1v) is 11.0. The lowest BCUT2D eigenvalue weighted by Gasteiger charge is -2.28. The summed E-state index contributed by atoms with van der Waals surface area (Å²) in [4.78, 5) is 27.9. The molecule has 0 atom stereocenters. The predicted molar refractivity (Wildman–Crippen MR) is 124 cm³/mol. The Morgan fingerprint density at radius 2 is 1.22 bits per heavy atom. The zero-order valence-corrected chi connectivity index (χ0v) is 20.7. The molecule has 0 saturated carbocycles. The lowest BCUT2D eigenvalue weighted by atomic mass is 10.2. The van der Waals surface area contributed by atoms with Crippen LogP contribution in [-0.4, -0.2) is 79.8 Å². The predicted octanol–water partition coefficient (Wildman–Crippen LogP) is 4.32. The highest BCUT2D eigenvalue weighted by Gasteiger charge is 2.30. The normalized spacial score (nSPS) is 12.0. The van der Waals surface area contributed by atoms with Gasteiger partial charge in [0.05, 0.1) is 33.0 Å². The number of rotatable bonds is 11. The van der Waals surface area contributed by atoms with Crippen LogP contribution < -0.4 is 0 Å². The average molecular weight is 453 g/mol. The van der Waals surface area contributed by atoms with E-state index in [1.165, 1.54) is 5.56 Å². The van der Waals surface area contributed by atoms with E-state index in [4.69, 9.17) is 18.9 Å². The van der Waals surface area contributed by atoms with Crippen molar-refractivity contribution in [1.29, 1.82) is 0 Å². The number of nitrogens with zero attached hydrogens (tertiary/aromatic N) is 2. The Morgan fingerprint density at radius 1 is 0.750 bits per heavy atom. The maximum atomic E-state index is 12.4. The molecule has 0 aliphatic heterocycles. The minimum Gasteiger partial charge on any atom is -0.443 e. The van der Waals surface area contributed by atoms with Gasteiger partial charge in [-0.25, -0.2) is 14.5 Å². The van der Waals surface area contributed by atoms with Crippen LogP contribution in [0.15, 0.2) is 30.3 Å². The van der Waals surface area contributed by atoms with Crippen molar-refractivity contribution in [2.75, 3.05) is 46.6 Å². The van der Waals surface area contributed by atoms with E-state index < -0.39 is 23.4 Å². The van der Waals surface area contributed by atoms with Crippen molar-refractivity contribution in [2.24, 2.45) is 0 Å². The van der Waals surface area contributed by atoms with E-state index in [1.807, 2.05) is 18.2 Å². The van der Waals surface area contributed by atoms with E-state index in [0.29, 0.717) is 19.8 Å². The summed E-state index contributed by atoms with van der Waals surface area (Å²) in [5.41, 5.74) is -0.183. The summed E-state index contributed by atoms with van der Waals surface area (Å²) in [7, 11) is 2.05. The van der Waals surface area contributed by atoms with Crippen LogP contribution >= 0.6 is 0 Å². The number of likely N-dealkylation sites (N-methyl/N-ethyl adjacent to an activating group) is 1. The maximum absolute atomic E-state index is 12.4. The van der Waals surface area contributed by atoms with Crippen molar-refractivity contribution in [1.82, 2.24) is 9.80 Å². The highest BCUT2D eigenvalue weighted by molar-refractivity contribution is 5.88. The zero-order chi connectivity index (χ0) is 24.2. The molecule has 1 aromatic rings. The van der Waals surface area contributed by atoms with Gasteiger partial charge in [0.2, 0.25) is 0 Å². The van der Waals surface area contributed by atoms with E-state index in [2.05, 4.69) is 24.1 Å². The van der Waals surface area contributed by atoms with Crippen LogP contribution in [0, 0.1) is 0 Å². The highest BCUT2D eigenvalue weighted by Crippen LogP contribution is 2.14. The van der Waals surface area contributed by atoms with E-state index in [9.17, 15) is 9.59 Å². The monoisotopic (exact) mass is 452 g/mol. The first-order chi connectivity index (χ1) is 14.9. The summed E-state index contributed by atoms with van der Waals surface area (Å²) in [5.74, 6) is 0. The summed E-state index contributed by atoms with van der Waals surface area (Å²) in [6, 6.07) is 10.3. The molecule has 0 saturated heterocycles.